The predicted octanol–water partition coefficient (Wildman–Crippen LogP) is 9.19. The summed E-state index contributed by atoms with van der Waals surface area (Å²) in [6, 6.07) is 0. The van der Waals surface area contributed by atoms with Gasteiger partial charge >= 0.3 is 11.9 Å². The molecule has 0 N–H and O–H groups in total. The molecule has 4 heteroatoms. The second-order valence-electron chi connectivity index (χ2n) is 10.4. The van der Waals surface area contributed by atoms with Gasteiger partial charge in [0.25, 0.3) is 0 Å². The zero-order chi connectivity index (χ0) is 25.3. The van der Waals surface area contributed by atoms with Crippen LogP contribution in [0.2, 0.25) is 0 Å². The number of carbonyl (C=O) groups is 2. The summed E-state index contributed by atoms with van der Waals surface area (Å²) in [6.07, 6.45) is 23.5. The largest absolute Gasteiger partial charge is 0.466 e. The lowest BCUT2D eigenvalue weighted by Crippen LogP contribution is -2.23. The average molecular weight is 483 g/mol. The summed E-state index contributed by atoms with van der Waals surface area (Å²) in [5.41, 5.74) is 0. The normalized spacial score (nSPS) is 12.1. The highest BCUT2D eigenvalue weighted by Gasteiger charge is 2.22. The number of carbonyl (C=O) groups excluding carboxylic acids is 2. The van der Waals surface area contributed by atoms with E-state index in [1.54, 1.807) is 0 Å². The first-order valence-electron chi connectivity index (χ1n) is 14.8. The molecule has 0 spiro atoms. The van der Waals surface area contributed by atoms with Crippen molar-refractivity contribution in [2.45, 2.75) is 156 Å². The standard InChI is InChI=1S/C30H58O4/c1-5-7-25-33-29(31)24-22-20-18-16-14-12-10-9-11-13-15-17-19-21-23-28(27(3)4)30(32)34-26-8-6-2/h27-28H,5-26H2,1-4H3. The van der Waals surface area contributed by atoms with Crippen molar-refractivity contribution in [3.8, 4) is 0 Å². The topological polar surface area (TPSA) is 52.6 Å². The van der Waals surface area contributed by atoms with Crippen LogP contribution in [-0.2, 0) is 19.1 Å². The molecule has 1 unspecified atom stereocenters. The fraction of sp³-hybridized carbons (Fsp3) is 0.933. The third kappa shape index (κ3) is 21.5. The third-order valence-electron chi connectivity index (χ3n) is 6.76. The Morgan fingerprint density at radius 2 is 0.971 bits per heavy atom. The molecule has 0 aromatic heterocycles. The maximum Gasteiger partial charge on any atom is 0.309 e. The molecule has 34 heavy (non-hydrogen) atoms. The van der Waals surface area contributed by atoms with Crippen molar-refractivity contribution in [2.24, 2.45) is 11.8 Å². The van der Waals surface area contributed by atoms with Gasteiger partial charge in [-0.3, -0.25) is 9.59 Å². The predicted molar refractivity (Wildman–Crippen MR) is 144 cm³/mol. The maximum absolute atomic E-state index is 12.3. The van der Waals surface area contributed by atoms with Crippen molar-refractivity contribution in [1.82, 2.24) is 0 Å². The van der Waals surface area contributed by atoms with E-state index in [0.717, 1.165) is 51.4 Å². The first-order valence-corrected chi connectivity index (χ1v) is 14.8. The van der Waals surface area contributed by atoms with E-state index in [-0.39, 0.29) is 17.9 Å². The number of unbranched alkanes of at least 4 members (excludes halogenated alkanes) is 15. The Morgan fingerprint density at radius 1 is 0.559 bits per heavy atom. The van der Waals surface area contributed by atoms with Crippen LogP contribution < -0.4 is 0 Å². The Labute approximate surface area is 212 Å². The van der Waals surface area contributed by atoms with Crippen molar-refractivity contribution in [3.05, 3.63) is 0 Å². The zero-order valence-electron chi connectivity index (χ0n) is 23.3. The van der Waals surface area contributed by atoms with Gasteiger partial charge < -0.3 is 9.47 Å². The Hall–Kier alpha value is -1.06. The summed E-state index contributed by atoms with van der Waals surface area (Å²) in [6.45, 7) is 9.67. The van der Waals surface area contributed by atoms with Gasteiger partial charge in [-0.05, 0) is 31.6 Å². The van der Waals surface area contributed by atoms with E-state index in [1.165, 1.54) is 70.6 Å². The van der Waals surface area contributed by atoms with Gasteiger partial charge in [-0.2, -0.15) is 0 Å². The van der Waals surface area contributed by atoms with Crippen molar-refractivity contribution >= 4 is 11.9 Å². The molecule has 202 valence electrons. The summed E-state index contributed by atoms with van der Waals surface area (Å²) in [7, 11) is 0. The van der Waals surface area contributed by atoms with Crippen LogP contribution in [0.25, 0.3) is 0 Å². The Balaban J connectivity index is 3.41. The summed E-state index contributed by atoms with van der Waals surface area (Å²) < 4.78 is 10.6. The second-order valence-corrected chi connectivity index (χ2v) is 10.4. The lowest BCUT2D eigenvalue weighted by atomic mass is 9.90. The highest BCUT2D eigenvalue weighted by atomic mass is 16.5. The van der Waals surface area contributed by atoms with E-state index < -0.39 is 0 Å². The van der Waals surface area contributed by atoms with Gasteiger partial charge in [-0.1, -0.05) is 124 Å². The van der Waals surface area contributed by atoms with E-state index in [9.17, 15) is 9.59 Å². The molecule has 0 saturated heterocycles. The molecule has 0 bridgehead atoms. The Morgan fingerprint density at radius 3 is 1.41 bits per heavy atom. The van der Waals surface area contributed by atoms with Gasteiger partial charge in [-0.25, -0.2) is 0 Å². The van der Waals surface area contributed by atoms with Gasteiger partial charge in [0.2, 0.25) is 0 Å². The highest BCUT2D eigenvalue weighted by Crippen LogP contribution is 2.21. The van der Waals surface area contributed by atoms with Crippen molar-refractivity contribution in [2.75, 3.05) is 13.2 Å². The van der Waals surface area contributed by atoms with Gasteiger partial charge in [0.15, 0.2) is 0 Å². The van der Waals surface area contributed by atoms with Crippen LogP contribution in [-0.4, -0.2) is 25.2 Å². The average Bonchev–Trinajstić information content (AvgIpc) is 2.81. The number of ether oxygens (including phenoxy) is 2. The van der Waals surface area contributed by atoms with E-state index in [0.29, 0.717) is 25.6 Å². The molecule has 0 aromatic rings. The van der Waals surface area contributed by atoms with Crippen LogP contribution in [0, 0.1) is 11.8 Å². The van der Waals surface area contributed by atoms with Crippen LogP contribution >= 0.6 is 0 Å². The summed E-state index contributed by atoms with van der Waals surface area (Å²) >= 11 is 0. The number of rotatable bonds is 25. The molecule has 0 aliphatic carbocycles. The molecular formula is C30H58O4. The smallest absolute Gasteiger partial charge is 0.309 e. The molecule has 0 rings (SSSR count). The molecule has 0 fully saturated rings. The molecule has 0 aromatic carbocycles. The molecule has 0 radical (unpaired) electrons. The van der Waals surface area contributed by atoms with Gasteiger partial charge in [0, 0.05) is 6.42 Å². The first kappa shape index (κ1) is 32.9. The molecule has 0 aliphatic heterocycles. The SMILES string of the molecule is CCCCOC(=O)CCCCCCCCCCCCCCCCC(C(=O)OCCCC)C(C)C. The van der Waals surface area contributed by atoms with Crippen LogP contribution in [0.3, 0.4) is 0 Å². The molecule has 0 amide bonds. The number of esters is 2. The number of hydrogen-bond acceptors (Lipinski definition) is 4. The minimum Gasteiger partial charge on any atom is -0.466 e. The van der Waals surface area contributed by atoms with E-state index in [4.69, 9.17) is 9.47 Å². The minimum absolute atomic E-state index is 0.0179. The lowest BCUT2D eigenvalue weighted by molar-refractivity contribution is -0.150. The molecule has 0 saturated carbocycles. The van der Waals surface area contributed by atoms with Crippen molar-refractivity contribution in [3.63, 3.8) is 0 Å². The Bertz CT molecular complexity index is 461. The van der Waals surface area contributed by atoms with Crippen LogP contribution in [0.1, 0.15) is 156 Å². The van der Waals surface area contributed by atoms with Gasteiger partial charge in [-0.15, -0.1) is 0 Å². The summed E-state index contributed by atoms with van der Waals surface area (Å²) in [4.78, 5) is 23.8. The van der Waals surface area contributed by atoms with Gasteiger partial charge in [0.1, 0.15) is 0 Å². The zero-order valence-corrected chi connectivity index (χ0v) is 23.3. The highest BCUT2D eigenvalue weighted by molar-refractivity contribution is 5.72. The Kier molecular flexibility index (Phi) is 24.3. The monoisotopic (exact) mass is 482 g/mol. The fourth-order valence-electron chi connectivity index (χ4n) is 4.30. The molecule has 0 aliphatic rings. The van der Waals surface area contributed by atoms with E-state index >= 15 is 0 Å². The number of hydrogen-bond donors (Lipinski definition) is 0. The fourth-order valence-corrected chi connectivity index (χ4v) is 4.30. The molecular weight excluding hydrogens is 424 g/mol. The quantitative estimate of drug-likeness (QED) is 0.0961. The molecule has 0 heterocycles. The van der Waals surface area contributed by atoms with Crippen LogP contribution in [0.4, 0.5) is 0 Å². The van der Waals surface area contributed by atoms with E-state index in [2.05, 4.69) is 27.7 Å². The summed E-state index contributed by atoms with van der Waals surface area (Å²) in [5.74, 6) is 0.443. The van der Waals surface area contributed by atoms with Crippen molar-refractivity contribution < 1.29 is 19.1 Å². The van der Waals surface area contributed by atoms with Crippen LogP contribution in [0.15, 0.2) is 0 Å². The van der Waals surface area contributed by atoms with Crippen molar-refractivity contribution in [1.29, 1.82) is 0 Å². The second kappa shape index (κ2) is 25.0. The third-order valence-corrected chi connectivity index (χ3v) is 6.76. The summed E-state index contributed by atoms with van der Waals surface area (Å²) in [5, 5.41) is 0. The van der Waals surface area contributed by atoms with Crippen LogP contribution in [0.5, 0.6) is 0 Å². The minimum atomic E-state index is -0.0179. The lowest BCUT2D eigenvalue weighted by Gasteiger charge is -2.19. The first-order chi connectivity index (χ1) is 16.5. The molecule has 4 nitrogen and oxygen atoms in total. The van der Waals surface area contributed by atoms with Gasteiger partial charge in [0.05, 0.1) is 19.1 Å². The molecule has 1 atom stereocenters. The maximum atomic E-state index is 12.3. The van der Waals surface area contributed by atoms with E-state index in [1.807, 2.05) is 0 Å².